The van der Waals surface area contributed by atoms with Crippen molar-refractivity contribution >= 4 is 5.97 Å². The lowest BCUT2D eigenvalue weighted by molar-refractivity contribution is -0.270. The first kappa shape index (κ1) is 15.4. The highest BCUT2D eigenvalue weighted by atomic mass is 16.7. The predicted octanol–water partition coefficient (Wildman–Crippen LogP) is 1.48. The molecule has 1 heterocycles. The van der Waals surface area contributed by atoms with Gasteiger partial charge >= 0.3 is 5.97 Å². The van der Waals surface area contributed by atoms with Crippen LogP contribution < -0.4 is 0 Å². The number of aliphatic hydroxyl groups is 1. The number of rotatable bonds is 4. The molecule has 0 bridgehead atoms. The molecule has 0 aliphatic carbocycles. The number of ether oxygens (including phenoxy) is 3. The lowest BCUT2D eigenvalue weighted by atomic mass is 9.88. The molecule has 0 unspecified atom stereocenters. The average molecular weight is 260 g/mol. The van der Waals surface area contributed by atoms with Crippen molar-refractivity contribution < 1.29 is 24.1 Å². The maximum atomic E-state index is 11.7. The van der Waals surface area contributed by atoms with E-state index in [1.807, 2.05) is 13.8 Å². The summed E-state index contributed by atoms with van der Waals surface area (Å²) in [5.74, 6) is -0.0735. The molecule has 4 atom stereocenters. The summed E-state index contributed by atoms with van der Waals surface area (Å²) in [4.78, 5) is 11.7. The molecule has 18 heavy (non-hydrogen) atoms. The van der Waals surface area contributed by atoms with Crippen LogP contribution in [0.25, 0.3) is 0 Å². The Morgan fingerprint density at radius 1 is 1.56 bits per heavy atom. The van der Waals surface area contributed by atoms with E-state index >= 15 is 0 Å². The molecule has 1 saturated heterocycles. The zero-order chi connectivity index (χ0) is 13.9. The summed E-state index contributed by atoms with van der Waals surface area (Å²) in [5, 5.41) is 10.4. The molecule has 5 nitrogen and oxygen atoms in total. The highest BCUT2D eigenvalue weighted by molar-refractivity contribution is 5.70. The first-order valence-electron chi connectivity index (χ1n) is 6.36. The molecule has 0 radical (unpaired) electrons. The van der Waals surface area contributed by atoms with Crippen molar-refractivity contribution in [3.63, 3.8) is 0 Å². The van der Waals surface area contributed by atoms with Crippen molar-refractivity contribution in [1.82, 2.24) is 0 Å². The summed E-state index contributed by atoms with van der Waals surface area (Å²) in [6, 6.07) is 0. The topological polar surface area (TPSA) is 65.0 Å². The van der Waals surface area contributed by atoms with Crippen LogP contribution in [0.15, 0.2) is 0 Å². The van der Waals surface area contributed by atoms with Crippen LogP contribution in [0.2, 0.25) is 0 Å². The van der Waals surface area contributed by atoms with E-state index < -0.39 is 24.1 Å². The second-order valence-corrected chi connectivity index (χ2v) is 5.58. The Labute approximate surface area is 108 Å². The van der Waals surface area contributed by atoms with Crippen LogP contribution in [0.5, 0.6) is 0 Å². The van der Waals surface area contributed by atoms with Crippen molar-refractivity contribution in [1.29, 1.82) is 0 Å². The van der Waals surface area contributed by atoms with Gasteiger partial charge in [-0.25, -0.2) is 0 Å². The zero-order valence-electron chi connectivity index (χ0n) is 11.8. The molecule has 1 aliphatic rings. The van der Waals surface area contributed by atoms with Gasteiger partial charge in [0.25, 0.3) is 0 Å². The Bertz CT molecular complexity index is 287. The van der Waals surface area contributed by atoms with Gasteiger partial charge < -0.3 is 19.3 Å². The molecule has 0 saturated carbocycles. The van der Waals surface area contributed by atoms with E-state index in [2.05, 4.69) is 0 Å². The summed E-state index contributed by atoms with van der Waals surface area (Å²) in [7, 11) is 1.53. The number of carbonyl (C=O) groups excluding carboxylic acids is 1. The normalized spacial score (nSPS) is 36.7. The SMILES string of the molecule is CO[C@H]1C[C@@](C)(O)[C@@H](OC(=O)CC(C)C)[C@H](C)O1. The summed E-state index contributed by atoms with van der Waals surface area (Å²) in [5.41, 5.74) is -1.13. The van der Waals surface area contributed by atoms with Crippen molar-refractivity contribution in [2.45, 2.75) is 64.6 Å². The fourth-order valence-electron chi connectivity index (χ4n) is 2.20. The fourth-order valence-corrected chi connectivity index (χ4v) is 2.20. The van der Waals surface area contributed by atoms with Gasteiger partial charge in [0.1, 0.15) is 5.60 Å². The maximum Gasteiger partial charge on any atom is 0.306 e. The molecular weight excluding hydrogens is 236 g/mol. The molecule has 0 amide bonds. The van der Waals surface area contributed by atoms with Gasteiger partial charge in [-0.05, 0) is 19.8 Å². The third-order valence-corrected chi connectivity index (χ3v) is 3.08. The molecule has 1 rings (SSSR count). The highest BCUT2D eigenvalue weighted by Crippen LogP contribution is 2.31. The Balaban J connectivity index is 2.66. The van der Waals surface area contributed by atoms with E-state index in [-0.39, 0.29) is 18.3 Å². The minimum atomic E-state index is -1.13. The van der Waals surface area contributed by atoms with Crippen LogP contribution in [-0.2, 0) is 19.0 Å². The number of hydrogen-bond acceptors (Lipinski definition) is 5. The van der Waals surface area contributed by atoms with Gasteiger partial charge in [0.15, 0.2) is 12.4 Å². The Morgan fingerprint density at radius 2 is 2.17 bits per heavy atom. The van der Waals surface area contributed by atoms with Crippen LogP contribution in [0.3, 0.4) is 0 Å². The van der Waals surface area contributed by atoms with Crippen LogP contribution in [0, 0.1) is 5.92 Å². The van der Waals surface area contributed by atoms with Crippen molar-refractivity contribution in [2.75, 3.05) is 7.11 Å². The summed E-state index contributed by atoms with van der Waals surface area (Å²) >= 11 is 0. The van der Waals surface area contributed by atoms with E-state index in [1.54, 1.807) is 13.8 Å². The molecule has 0 aromatic rings. The molecule has 0 aromatic carbocycles. The molecule has 0 aromatic heterocycles. The minimum absolute atomic E-state index is 0.231. The largest absolute Gasteiger partial charge is 0.457 e. The average Bonchev–Trinajstić information content (AvgIpc) is 2.21. The van der Waals surface area contributed by atoms with E-state index in [1.165, 1.54) is 7.11 Å². The van der Waals surface area contributed by atoms with Crippen LogP contribution in [-0.4, -0.2) is 42.3 Å². The molecule has 1 fully saturated rings. The van der Waals surface area contributed by atoms with Gasteiger partial charge in [-0.3, -0.25) is 4.79 Å². The monoisotopic (exact) mass is 260 g/mol. The van der Waals surface area contributed by atoms with Gasteiger partial charge in [0.05, 0.1) is 6.10 Å². The lowest BCUT2D eigenvalue weighted by Gasteiger charge is -2.43. The first-order valence-corrected chi connectivity index (χ1v) is 6.36. The third kappa shape index (κ3) is 3.93. The number of hydrogen-bond donors (Lipinski definition) is 1. The number of esters is 1. The van der Waals surface area contributed by atoms with Gasteiger partial charge in [0, 0.05) is 20.0 Å². The van der Waals surface area contributed by atoms with Gasteiger partial charge in [-0.2, -0.15) is 0 Å². The molecule has 106 valence electrons. The highest BCUT2D eigenvalue weighted by Gasteiger charge is 2.46. The quantitative estimate of drug-likeness (QED) is 0.776. The van der Waals surface area contributed by atoms with Crippen LogP contribution >= 0.6 is 0 Å². The van der Waals surface area contributed by atoms with Crippen LogP contribution in [0.1, 0.15) is 40.5 Å². The van der Waals surface area contributed by atoms with E-state index in [0.717, 1.165) is 0 Å². The fraction of sp³-hybridized carbons (Fsp3) is 0.923. The molecule has 5 heteroatoms. The van der Waals surface area contributed by atoms with Gasteiger partial charge in [0.2, 0.25) is 0 Å². The minimum Gasteiger partial charge on any atom is -0.457 e. The predicted molar refractivity (Wildman–Crippen MR) is 65.9 cm³/mol. The molecule has 1 N–H and O–H groups in total. The first-order chi connectivity index (χ1) is 8.26. The summed E-state index contributed by atoms with van der Waals surface area (Å²) < 4.78 is 16.0. The molecule has 1 aliphatic heterocycles. The van der Waals surface area contributed by atoms with E-state index in [9.17, 15) is 9.90 Å². The Morgan fingerprint density at radius 3 is 2.61 bits per heavy atom. The van der Waals surface area contributed by atoms with Crippen LogP contribution in [0.4, 0.5) is 0 Å². The standard InChI is InChI=1S/C13H24O5/c1-8(2)6-10(14)18-12-9(3)17-11(16-5)7-13(12,4)15/h8-9,11-12,15H,6-7H2,1-5H3/t9-,11+,12-,13+/m0/s1. The summed E-state index contributed by atoms with van der Waals surface area (Å²) in [6.45, 7) is 7.31. The van der Waals surface area contributed by atoms with Crippen molar-refractivity contribution in [2.24, 2.45) is 5.92 Å². The second kappa shape index (κ2) is 5.99. The summed E-state index contributed by atoms with van der Waals surface area (Å²) in [6.07, 6.45) is -0.888. The van der Waals surface area contributed by atoms with Gasteiger partial charge in [-0.1, -0.05) is 13.8 Å². The smallest absolute Gasteiger partial charge is 0.306 e. The van der Waals surface area contributed by atoms with Crippen molar-refractivity contribution in [3.05, 3.63) is 0 Å². The number of carbonyl (C=O) groups is 1. The van der Waals surface area contributed by atoms with Crippen molar-refractivity contribution in [3.8, 4) is 0 Å². The third-order valence-electron chi connectivity index (χ3n) is 3.08. The Kier molecular flexibility index (Phi) is 5.13. The van der Waals surface area contributed by atoms with E-state index in [0.29, 0.717) is 6.42 Å². The maximum absolute atomic E-state index is 11.7. The second-order valence-electron chi connectivity index (χ2n) is 5.58. The van der Waals surface area contributed by atoms with Gasteiger partial charge in [-0.15, -0.1) is 0 Å². The molecule has 0 spiro atoms. The number of methoxy groups -OCH3 is 1. The molecular formula is C13H24O5. The Hall–Kier alpha value is -0.650. The zero-order valence-corrected chi connectivity index (χ0v) is 11.8. The van der Waals surface area contributed by atoms with E-state index in [4.69, 9.17) is 14.2 Å². The lowest BCUT2D eigenvalue weighted by Crippen LogP contribution is -2.56.